The molecule has 1 unspecified atom stereocenters. The summed E-state index contributed by atoms with van der Waals surface area (Å²) in [5.74, 6) is 2.21. The third-order valence-electron chi connectivity index (χ3n) is 3.20. The Morgan fingerprint density at radius 1 is 1.42 bits per heavy atom. The standard InChI is InChI=1S/C15H28N2OS/c1-12(11-19-6)17(5)10-13-7-8-18-14(13)9-16-15(2,3)4/h7-8,12,16H,9-11H2,1-6H3. The molecule has 0 saturated carbocycles. The van der Waals surface area contributed by atoms with Gasteiger partial charge < -0.3 is 9.73 Å². The quantitative estimate of drug-likeness (QED) is 0.831. The van der Waals surface area contributed by atoms with Gasteiger partial charge in [0, 0.05) is 29.4 Å². The summed E-state index contributed by atoms with van der Waals surface area (Å²) in [6, 6.07) is 2.66. The molecular weight excluding hydrogens is 256 g/mol. The van der Waals surface area contributed by atoms with Crippen molar-refractivity contribution in [1.29, 1.82) is 0 Å². The van der Waals surface area contributed by atoms with Crippen molar-refractivity contribution in [2.24, 2.45) is 0 Å². The summed E-state index contributed by atoms with van der Waals surface area (Å²) in [4.78, 5) is 2.38. The molecule has 0 bridgehead atoms. The van der Waals surface area contributed by atoms with Gasteiger partial charge in [0.2, 0.25) is 0 Å². The monoisotopic (exact) mass is 284 g/mol. The fourth-order valence-electron chi connectivity index (χ4n) is 1.80. The molecule has 1 atom stereocenters. The minimum Gasteiger partial charge on any atom is -0.468 e. The predicted octanol–water partition coefficient (Wildman–Crippen LogP) is 3.35. The zero-order chi connectivity index (χ0) is 14.5. The lowest BCUT2D eigenvalue weighted by Crippen LogP contribution is -2.35. The van der Waals surface area contributed by atoms with Crippen LogP contribution < -0.4 is 5.32 Å². The molecule has 0 saturated heterocycles. The van der Waals surface area contributed by atoms with Crippen molar-refractivity contribution in [2.45, 2.75) is 52.4 Å². The van der Waals surface area contributed by atoms with Crippen molar-refractivity contribution in [1.82, 2.24) is 10.2 Å². The highest BCUT2D eigenvalue weighted by Crippen LogP contribution is 2.16. The van der Waals surface area contributed by atoms with Gasteiger partial charge in [0.15, 0.2) is 0 Å². The summed E-state index contributed by atoms with van der Waals surface area (Å²) < 4.78 is 5.61. The fourth-order valence-corrected chi connectivity index (χ4v) is 2.54. The van der Waals surface area contributed by atoms with Crippen LogP contribution in [0.2, 0.25) is 0 Å². The Bertz CT molecular complexity index is 370. The first kappa shape index (κ1) is 16.6. The second-order valence-electron chi connectivity index (χ2n) is 6.19. The van der Waals surface area contributed by atoms with Gasteiger partial charge in [-0.1, -0.05) is 0 Å². The first-order valence-electron chi connectivity index (χ1n) is 6.83. The third kappa shape index (κ3) is 6.02. The molecule has 19 heavy (non-hydrogen) atoms. The number of furan rings is 1. The SMILES string of the molecule is CSCC(C)N(C)Cc1ccoc1CNC(C)(C)C. The summed E-state index contributed by atoms with van der Waals surface area (Å²) >= 11 is 1.89. The number of nitrogens with zero attached hydrogens (tertiary/aromatic N) is 1. The van der Waals surface area contributed by atoms with Gasteiger partial charge in [-0.3, -0.25) is 4.90 Å². The summed E-state index contributed by atoms with van der Waals surface area (Å²) in [7, 11) is 2.18. The summed E-state index contributed by atoms with van der Waals surface area (Å²) in [5, 5.41) is 3.48. The molecule has 1 heterocycles. The van der Waals surface area contributed by atoms with Crippen molar-refractivity contribution in [3.63, 3.8) is 0 Å². The minimum absolute atomic E-state index is 0.113. The van der Waals surface area contributed by atoms with Crippen molar-refractivity contribution < 1.29 is 4.42 Å². The molecule has 0 fully saturated rings. The average Bonchev–Trinajstić information content (AvgIpc) is 2.73. The maximum Gasteiger partial charge on any atom is 0.122 e. The highest BCUT2D eigenvalue weighted by molar-refractivity contribution is 7.98. The number of nitrogens with one attached hydrogen (secondary N) is 1. The van der Waals surface area contributed by atoms with E-state index in [9.17, 15) is 0 Å². The number of hydrogen-bond donors (Lipinski definition) is 1. The molecule has 3 nitrogen and oxygen atoms in total. The van der Waals surface area contributed by atoms with Crippen LogP contribution in [0.1, 0.15) is 39.0 Å². The van der Waals surface area contributed by atoms with Gasteiger partial charge in [-0.15, -0.1) is 0 Å². The Morgan fingerprint density at radius 2 is 2.11 bits per heavy atom. The molecule has 1 aromatic heterocycles. The topological polar surface area (TPSA) is 28.4 Å². The molecule has 1 N–H and O–H groups in total. The Balaban J connectivity index is 2.57. The summed E-state index contributed by atoms with van der Waals surface area (Å²) in [5.41, 5.74) is 1.40. The van der Waals surface area contributed by atoms with Crippen molar-refractivity contribution in [2.75, 3.05) is 19.1 Å². The van der Waals surface area contributed by atoms with Crippen LogP contribution in [0.25, 0.3) is 0 Å². The van der Waals surface area contributed by atoms with Crippen LogP contribution in [-0.4, -0.2) is 35.5 Å². The van der Waals surface area contributed by atoms with E-state index in [-0.39, 0.29) is 5.54 Å². The molecule has 0 aliphatic heterocycles. The molecule has 0 amide bonds. The lowest BCUT2D eigenvalue weighted by molar-refractivity contribution is 0.266. The van der Waals surface area contributed by atoms with Crippen molar-refractivity contribution in [3.05, 3.63) is 23.7 Å². The largest absolute Gasteiger partial charge is 0.468 e. The van der Waals surface area contributed by atoms with Crippen LogP contribution in [0, 0.1) is 0 Å². The van der Waals surface area contributed by atoms with Gasteiger partial charge in [0.25, 0.3) is 0 Å². The Morgan fingerprint density at radius 3 is 2.68 bits per heavy atom. The molecule has 0 radical (unpaired) electrons. The van der Waals surface area contributed by atoms with Gasteiger partial charge in [0.05, 0.1) is 12.8 Å². The Kier molecular flexibility index (Phi) is 6.43. The molecule has 0 aliphatic rings. The summed E-state index contributed by atoms with van der Waals surface area (Å²) in [6.45, 7) is 10.5. The zero-order valence-corrected chi connectivity index (χ0v) is 13.9. The van der Waals surface area contributed by atoms with Gasteiger partial charge in [0.1, 0.15) is 5.76 Å². The van der Waals surface area contributed by atoms with Gasteiger partial charge in [-0.2, -0.15) is 11.8 Å². The second kappa shape index (κ2) is 7.36. The van der Waals surface area contributed by atoms with Crippen LogP contribution >= 0.6 is 11.8 Å². The minimum atomic E-state index is 0.113. The molecule has 110 valence electrons. The van der Waals surface area contributed by atoms with Crippen molar-refractivity contribution in [3.8, 4) is 0 Å². The van der Waals surface area contributed by atoms with Crippen LogP contribution in [0.4, 0.5) is 0 Å². The summed E-state index contributed by atoms with van der Waals surface area (Å²) in [6.07, 6.45) is 3.95. The van der Waals surface area contributed by atoms with E-state index in [4.69, 9.17) is 4.42 Å². The van der Waals surface area contributed by atoms with E-state index in [2.05, 4.69) is 57.3 Å². The maximum absolute atomic E-state index is 5.61. The smallest absolute Gasteiger partial charge is 0.122 e. The Hall–Kier alpha value is -0.450. The molecule has 1 aromatic rings. The van der Waals surface area contributed by atoms with E-state index in [1.54, 1.807) is 6.26 Å². The van der Waals surface area contributed by atoms with E-state index in [1.807, 2.05) is 11.8 Å². The molecule has 0 spiro atoms. The lowest BCUT2D eigenvalue weighted by atomic mass is 10.1. The molecule has 1 rings (SSSR count). The lowest BCUT2D eigenvalue weighted by Gasteiger charge is -2.24. The molecular formula is C15H28N2OS. The van der Waals surface area contributed by atoms with Crippen molar-refractivity contribution >= 4 is 11.8 Å². The van der Waals surface area contributed by atoms with Crippen LogP contribution in [-0.2, 0) is 13.1 Å². The second-order valence-corrected chi connectivity index (χ2v) is 7.10. The van der Waals surface area contributed by atoms with Crippen LogP contribution in [0.5, 0.6) is 0 Å². The van der Waals surface area contributed by atoms with E-state index in [0.717, 1.165) is 24.6 Å². The third-order valence-corrected chi connectivity index (χ3v) is 4.01. The molecule has 0 aliphatic carbocycles. The zero-order valence-electron chi connectivity index (χ0n) is 13.1. The first-order valence-corrected chi connectivity index (χ1v) is 8.22. The average molecular weight is 284 g/mol. The maximum atomic E-state index is 5.61. The predicted molar refractivity (Wildman–Crippen MR) is 84.6 cm³/mol. The number of rotatable bonds is 7. The fraction of sp³-hybridized carbons (Fsp3) is 0.733. The normalized spacial score (nSPS) is 14.1. The highest BCUT2D eigenvalue weighted by Gasteiger charge is 2.15. The van der Waals surface area contributed by atoms with Crippen LogP contribution in [0.15, 0.2) is 16.7 Å². The van der Waals surface area contributed by atoms with Gasteiger partial charge >= 0.3 is 0 Å². The van der Waals surface area contributed by atoms with Crippen LogP contribution in [0.3, 0.4) is 0 Å². The molecule has 4 heteroatoms. The van der Waals surface area contributed by atoms with E-state index in [1.165, 1.54) is 5.56 Å². The molecule has 0 aromatic carbocycles. The highest BCUT2D eigenvalue weighted by atomic mass is 32.2. The number of hydrogen-bond acceptors (Lipinski definition) is 4. The van der Waals surface area contributed by atoms with E-state index < -0.39 is 0 Å². The van der Waals surface area contributed by atoms with E-state index >= 15 is 0 Å². The van der Waals surface area contributed by atoms with E-state index in [0.29, 0.717) is 6.04 Å². The number of thioether (sulfide) groups is 1. The first-order chi connectivity index (χ1) is 8.83. The Labute approximate surface area is 122 Å². The van der Waals surface area contributed by atoms with Gasteiger partial charge in [-0.05, 0) is 47.1 Å². The van der Waals surface area contributed by atoms with Gasteiger partial charge in [-0.25, -0.2) is 0 Å².